The number of halogens is 2. The zero-order valence-corrected chi connectivity index (χ0v) is 13.6. The summed E-state index contributed by atoms with van der Waals surface area (Å²) >= 11 is 0. The number of H-pyrrole nitrogens is 1. The molecule has 1 heterocycles. The number of carbonyl (C=O) groups excluding carboxylic acids is 2. The molecule has 0 saturated heterocycles. The highest BCUT2D eigenvalue weighted by molar-refractivity contribution is 5.88. The minimum Gasteiger partial charge on any atom is -0.348 e. The average molecular weight is 348 g/mol. The number of carbonyl (C=O) groups is 2. The van der Waals surface area contributed by atoms with Crippen molar-refractivity contribution in [1.82, 2.24) is 20.6 Å². The zero-order chi connectivity index (χ0) is 18.0. The van der Waals surface area contributed by atoms with Gasteiger partial charge in [0.05, 0.1) is 11.9 Å². The molecule has 2 aromatic rings. The van der Waals surface area contributed by atoms with Gasteiger partial charge in [0, 0.05) is 31.3 Å². The van der Waals surface area contributed by atoms with Crippen LogP contribution in [0, 0.1) is 11.6 Å². The summed E-state index contributed by atoms with van der Waals surface area (Å²) in [7, 11) is 0. The predicted molar refractivity (Wildman–Crippen MR) is 85.3 cm³/mol. The van der Waals surface area contributed by atoms with Crippen LogP contribution in [-0.2, 0) is 21.5 Å². The lowest BCUT2D eigenvalue weighted by molar-refractivity contribution is -0.128. The molecule has 8 heteroatoms. The third-order valence-corrected chi connectivity index (χ3v) is 4.20. The number of imidazole rings is 1. The molecule has 6 nitrogen and oxygen atoms in total. The van der Waals surface area contributed by atoms with E-state index in [4.69, 9.17) is 0 Å². The minimum atomic E-state index is -0.811. The van der Waals surface area contributed by atoms with Crippen molar-refractivity contribution in [2.45, 2.75) is 37.8 Å². The highest BCUT2D eigenvalue weighted by Crippen LogP contribution is 2.45. The topological polar surface area (TPSA) is 86.9 Å². The number of hydrogen-bond donors (Lipinski definition) is 3. The van der Waals surface area contributed by atoms with Crippen molar-refractivity contribution in [2.24, 2.45) is 0 Å². The van der Waals surface area contributed by atoms with Gasteiger partial charge in [0.1, 0.15) is 17.7 Å². The highest BCUT2D eigenvalue weighted by Gasteiger charge is 2.47. The van der Waals surface area contributed by atoms with E-state index in [0.717, 1.165) is 6.07 Å². The molecule has 2 amide bonds. The first-order valence-electron chi connectivity index (χ1n) is 7.91. The molecule has 0 bridgehead atoms. The van der Waals surface area contributed by atoms with Gasteiger partial charge in [-0.2, -0.15) is 0 Å². The van der Waals surface area contributed by atoms with Gasteiger partial charge in [-0.05, 0) is 30.5 Å². The molecule has 1 fully saturated rings. The van der Waals surface area contributed by atoms with Gasteiger partial charge in [-0.15, -0.1) is 0 Å². The van der Waals surface area contributed by atoms with Crippen molar-refractivity contribution < 1.29 is 18.4 Å². The Labute approximate surface area is 143 Å². The third kappa shape index (κ3) is 4.01. The van der Waals surface area contributed by atoms with Gasteiger partial charge in [-0.3, -0.25) is 9.59 Å². The van der Waals surface area contributed by atoms with Crippen LogP contribution in [0.3, 0.4) is 0 Å². The maximum absolute atomic E-state index is 13.5. The van der Waals surface area contributed by atoms with Crippen molar-refractivity contribution in [3.05, 3.63) is 53.6 Å². The average Bonchev–Trinajstić information content (AvgIpc) is 3.12. The van der Waals surface area contributed by atoms with Crippen molar-refractivity contribution >= 4 is 11.8 Å². The molecule has 3 N–H and O–H groups in total. The van der Waals surface area contributed by atoms with Gasteiger partial charge >= 0.3 is 0 Å². The van der Waals surface area contributed by atoms with E-state index < -0.39 is 29.1 Å². The van der Waals surface area contributed by atoms with Crippen LogP contribution in [0.4, 0.5) is 8.78 Å². The quantitative estimate of drug-likeness (QED) is 0.740. The number of hydrogen-bond acceptors (Lipinski definition) is 3. The number of aromatic nitrogens is 2. The summed E-state index contributed by atoms with van der Waals surface area (Å²) in [6.45, 7) is 1.32. The van der Waals surface area contributed by atoms with Gasteiger partial charge in [-0.1, -0.05) is 0 Å². The predicted octanol–water partition coefficient (Wildman–Crippen LogP) is 1.54. The Hall–Kier alpha value is -2.77. The van der Waals surface area contributed by atoms with E-state index in [1.165, 1.54) is 25.4 Å². The summed E-state index contributed by atoms with van der Waals surface area (Å²) in [4.78, 5) is 30.8. The third-order valence-electron chi connectivity index (χ3n) is 4.20. The lowest BCUT2D eigenvalue weighted by Gasteiger charge is -2.23. The van der Waals surface area contributed by atoms with E-state index in [1.807, 2.05) is 0 Å². The molecule has 25 heavy (non-hydrogen) atoms. The lowest BCUT2D eigenvalue weighted by atomic mass is 10.0. The van der Waals surface area contributed by atoms with E-state index in [2.05, 4.69) is 20.6 Å². The summed E-state index contributed by atoms with van der Waals surface area (Å²) in [6.07, 6.45) is 4.45. The van der Waals surface area contributed by atoms with Gasteiger partial charge in [0.2, 0.25) is 11.8 Å². The molecule has 0 radical (unpaired) electrons. The first-order valence-corrected chi connectivity index (χ1v) is 7.91. The van der Waals surface area contributed by atoms with E-state index in [9.17, 15) is 18.4 Å². The molecule has 1 aromatic heterocycles. The second-order valence-electron chi connectivity index (χ2n) is 6.26. The molecular formula is C17H18F2N4O2. The number of benzene rings is 1. The Bertz CT molecular complexity index is 768. The largest absolute Gasteiger partial charge is 0.348 e. The van der Waals surface area contributed by atoms with Crippen LogP contribution in [0.15, 0.2) is 30.7 Å². The SMILES string of the molecule is CC(=O)NC(Cc1cnc[nH]1)C(=O)NC1(c2cc(F)cc(F)c2)CC1. The summed E-state index contributed by atoms with van der Waals surface area (Å²) in [5, 5.41) is 5.43. The Morgan fingerprint density at radius 1 is 1.28 bits per heavy atom. The Balaban J connectivity index is 1.76. The second-order valence-corrected chi connectivity index (χ2v) is 6.26. The maximum atomic E-state index is 13.5. The molecule has 1 atom stereocenters. The molecule has 0 spiro atoms. The van der Waals surface area contributed by atoms with E-state index in [0.29, 0.717) is 24.1 Å². The molecule has 1 saturated carbocycles. The molecule has 1 unspecified atom stereocenters. The zero-order valence-electron chi connectivity index (χ0n) is 13.6. The van der Waals surface area contributed by atoms with Gasteiger partial charge in [0.25, 0.3) is 0 Å². The molecular weight excluding hydrogens is 330 g/mol. The number of nitrogens with one attached hydrogen (secondary N) is 3. The molecule has 1 aliphatic carbocycles. The maximum Gasteiger partial charge on any atom is 0.243 e. The molecule has 1 aliphatic rings. The van der Waals surface area contributed by atoms with Crippen molar-refractivity contribution in [3.8, 4) is 0 Å². The fraction of sp³-hybridized carbons (Fsp3) is 0.353. The van der Waals surface area contributed by atoms with Crippen molar-refractivity contribution in [1.29, 1.82) is 0 Å². The van der Waals surface area contributed by atoms with Crippen molar-refractivity contribution in [3.63, 3.8) is 0 Å². The van der Waals surface area contributed by atoms with Crippen LogP contribution in [0.1, 0.15) is 31.0 Å². The molecule has 132 valence electrons. The van der Waals surface area contributed by atoms with Gasteiger partial charge < -0.3 is 15.6 Å². The molecule has 0 aliphatic heterocycles. The summed E-state index contributed by atoms with van der Waals surface area (Å²) in [5.74, 6) is -2.13. The van der Waals surface area contributed by atoms with Crippen LogP contribution < -0.4 is 10.6 Å². The summed E-state index contributed by atoms with van der Waals surface area (Å²) in [6, 6.07) is 2.42. The molecule has 1 aromatic carbocycles. The number of nitrogens with zero attached hydrogens (tertiary/aromatic N) is 1. The first-order chi connectivity index (χ1) is 11.9. The summed E-state index contributed by atoms with van der Waals surface area (Å²) in [5.41, 5.74) is 0.294. The summed E-state index contributed by atoms with van der Waals surface area (Å²) < 4.78 is 27.0. The fourth-order valence-electron chi connectivity index (χ4n) is 2.83. The van der Waals surface area contributed by atoms with Crippen LogP contribution >= 0.6 is 0 Å². The molecule has 3 rings (SSSR count). The Morgan fingerprint density at radius 2 is 1.96 bits per heavy atom. The van der Waals surface area contributed by atoms with Crippen molar-refractivity contribution in [2.75, 3.05) is 0 Å². The fourth-order valence-corrected chi connectivity index (χ4v) is 2.83. The standard InChI is InChI=1S/C17H18F2N4O2/c1-10(24)22-15(7-14-8-20-9-21-14)16(25)23-17(2-3-17)11-4-12(18)6-13(19)5-11/h4-6,8-9,15H,2-3,7H2,1H3,(H,20,21)(H,22,24)(H,23,25). The minimum absolute atomic E-state index is 0.235. The second kappa shape index (κ2) is 6.62. The van der Waals surface area contributed by atoms with Crippen LogP contribution in [-0.4, -0.2) is 27.8 Å². The van der Waals surface area contributed by atoms with Crippen LogP contribution in [0.2, 0.25) is 0 Å². The van der Waals surface area contributed by atoms with Gasteiger partial charge in [-0.25, -0.2) is 13.8 Å². The Morgan fingerprint density at radius 3 is 2.48 bits per heavy atom. The number of amides is 2. The van der Waals surface area contributed by atoms with Crippen LogP contribution in [0.25, 0.3) is 0 Å². The smallest absolute Gasteiger partial charge is 0.243 e. The van der Waals surface area contributed by atoms with E-state index in [1.54, 1.807) is 6.20 Å². The highest BCUT2D eigenvalue weighted by atomic mass is 19.1. The van der Waals surface area contributed by atoms with E-state index in [-0.39, 0.29) is 12.3 Å². The normalized spacial score (nSPS) is 16.1. The van der Waals surface area contributed by atoms with Crippen LogP contribution in [0.5, 0.6) is 0 Å². The Kier molecular flexibility index (Phi) is 4.52. The monoisotopic (exact) mass is 348 g/mol. The first kappa shape index (κ1) is 17.1. The van der Waals surface area contributed by atoms with Gasteiger partial charge in [0.15, 0.2) is 0 Å². The van der Waals surface area contributed by atoms with E-state index >= 15 is 0 Å². The lowest BCUT2D eigenvalue weighted by Crippen LogP contribution is -2.50. The number of rotatable bonds is 6. The number of aromatic amines is 1.